The number of hydrazone groups is 1. The predicted molar refractivity (Wildman–Crippen MR) is 98.4 cm³/mol. The molecule has 3 rings (SSSR count). The van der Waals surface area contributed by atoms with Crippen LogP contribution in [0.25, 0.3) is 0 Å². The highest BCUT2D eigenvalue weighted by Crippen LogP contribution is 2.19. The van der Waals surface area contributed by atoms with Crippen LogP contribution in [0.15, 0.2) is 60.0 Å². The molecule has 1 aromatic heterocycles. The average molecular weight is 367 g/mol. The van der Waals surface area contributed by atoms with Crippen LogP contribution in [0.1, 0.15) is 10.4 Å². The molecule has 1 fully saturated rings. The fourth-order valence-electron chi connectivity index (χ4n) is 2.28. The minimum atomic E-state index is -1.21. The first-order chi connectivity index (χ1) is 12.6. The second-order valence-electron chi connectivity index (χ2n) is 5.24. The molecule has 1 aliphatic rings. The van der Waals surface area contributed by atoms with E-state index in [-0.39, 0.29) is 5.11 Å². The SMILES string of the molecule is O=C(N/N=C/C1C(=O)NC(=S)N(c2ccccc2)C1=O)c1cccnc1. The second-order valence-corrected chi connectivity index (χ2v) is 5.63. The van der Waals surface area contributed by atoms with Gasteiger partial charge in [0.1, 0.15) is 0 Å². The van der Waals surface area contributed by atoms with Gasteiger partial charge in [0.25, 0.3) is 11.8 Å². The summed E-state index contributed by atoms with van der Waals surface area (Å²) in [6, 6.07) is 11.9. The Hall–Kier alpha value is -3.46. The Balaban J connectivity index is 1.74. The minimum absolute atomic E-state index is 0.00440. The Morgan fingerprint density at radius 3 is 2.69 bits per heavy atom. The van der Waals surface area contributed by atoms with Crippen molar-refractivity contribution in [2.24, 2.45) is 11.0 Å². The number of aromatic nitrogens is 1. The largest absolute Gasteiger partial charge is 0.301 e. The number of hydrogen-bond donors (Lipinski definition) is 2. The molecule has 1 atom stereocenters. The maximum Gasteiger partial charge on any atom is 0.272 e. The molecular formula is C17H13N5O3S. The number of para-hydroxylation sites is 1. The molecule has 3 amide bonds. The summed E-state index contributed by atoms with van der Waals surface area (Å²) in [4.78, 5) is 41.7. The first-order valence-corrected chi connectivity index (χ1v) is 7.96. The zero-order valence-electron chi connectivity index (χ0n) is 13.3. The number of hydrogen-bond acceptors (Lipinski definition) is 6. The first kappa shape index (κ1) is 17.4. The number of nitrogens with zero attached hydrogens (tertiary/aromatic N) is 3. The standard InChI is InChI=1S/C17H13N5O3S/c23-14(11-5-4-8-18-9-11)21-19-10-13-15(24)20-17(26)22(16(13)25)12-6-2-1-3-7-12/h1-10,13H,(H,21,23)(H,20,24,26)/b19-10+. The van der Waals surface area contributed by atoms with Gasteiger partial charge in [-0.25, -0.2) is 5.43 Å². The number of thiocarbonyl (C=S) groups is 1. The molecule has 0 saturated carbocycles. The van der Waals surface area contributed by atoms with Gasteiger partial charge in [0.05, 0.1) is 11.3 Å². The number of nitrogens with one attached hydrogen (secondary N) is 2. The molecule has 1 aliphatic heterocycles. The summed E-state index contributed by atoms with van der Waals surface area (Å²) < 4.78 is 0. The van der Waals surface area contributed by atoms with Crippen molar-refractivity contribution in [3.63, 3.8) is 0 Å². The van der Waals surface area contributed by atoms with E-state index in [4.69, 9.17) is 12.2 Å². The fraction of sp³-hybridized carbons (Fsp3) is 0.0588. The molecule has 1 unspecified atom stereocenters. The lowest BCUT2D eigenvalue weighted by Crippen LogP contribution is -2.58. The number of benzene rings is 1. The lowest BCUT2D eigenvalue weighted by Gasteiger charge is -2.30. The number of amides is 3. The van der Waals surface area contributed by atoms with Crippen LogP contribution < -0.4 is 15.6 Å². The van der Waals surface area contributed by atoms with E-state index in [0.29, 0.717) is 11.3 Å². The highest BCUT2D eigenvalue weighted by Gasteiger charge is 2.38. The monoisotopic (exact) mass is 367 g/mol. The van der Waals surface area contributed by atoms with Gasteiger partial charge in [-0.1, -0.05) is 18.2 Å². The van der Waals surface area contributed by atoms with Gasteiger partial charge >= 0.3 is 0 Å². The Labute approximate surface area is 153 Å². The van der Waals surface area contributed by atoms with Crippen molar-refractivity contribution in [1.82, 2.24) is 15.7 Å². The summed E-state index contributed by atoms with van der Waals surface area (Å²) >= 11 is 5.09. The van der Waals surface area contributed by atoms with Crippen LogP contribution in [-0.2, 0) is 9.59 Å². The molecule has 0 radical (unpaired) electrons. The average Bonchev–Trinajstić information content (AvgIpc) is 2.65. The van der Waals surface area contributed by atoms with Crippen molar-refractivity contribution < 1.29 is 14.4 Å². The van der Waals surface area contributed by atoms with E-state index in [1.807, 2.05) is 0 Å². The van der Waals surface area contributed by atoms with Crippen molar-refractivity contribution in [1.29, 1.82) is 0 Å². The minimum Gasteiger partial charge on any atom is -0.301 e. The summed E-state index contributed by atoms with van der Waals surface area (Å²) in [5, 5.41) is 6.18. The van der Waals surface area contributed by atoms with Crippen LogP contribution in [0.2, 0.25) is 0 Å². The van der Waals surface area contributed by atoms with E-state index >= 15 is 0 Å². The Morgan fingerprint density at radius 1 is 1.23 bits per heavy atom. The molecular weight excluding hydrogens is 354 g/mol. The third kappa shape index (κ3) is 3.62. The summed E-state index contributed by atoms with van der Waals surface area (Å²) in [7, 11) is 0. The zero-order chi connectivity index (χ0) is 18.5. The number of pyridine rings is 1. The van der Waals surface area contributed by atoms with Crippen LogP contribution in [0.5, 0.6) is 0 Å². The van der Waals surface area contributed by atoms with Gasteiger partial charge in [0.2, 0.25) is 5.91 Å². The number of carbonyl (C=O) groups excluding carboxylic acids is 3. The quantitative estimate of drug-likeness (QED) is 0.361. The second kappa shape index (κ2) is 7.62. The van der Waals surface area contributed by atoms with Crippen molar-refractivity contribution in [3.05, 3.63) is 60.4 Å². The molecule has 0 aliphatic carbocycles. The molecule has 8 nitrogen and oxygen atoms in total. The van der Waals surface area contributed by atoms with Crippen molar-refractivity contribution in [2.75, 3.05) is 4.90 Å². The van der Waals surface area contributed by atoms with Crippen LogP contribution >= 0.6 is 12.2 Å². The van der Waals surface area contributed by atoms with Gasteiger partial charge < -0.3 is 5.32 Å². The molecule has 1 saturated heterocycles. The lowest BCUT2D eigenvalue weighted by molar-refractivity contribution is -0.130. The number of rotatable bonds is 4. The van der Waals surface area contributed by atoms with Crippen molar-refractivity contribution in [3.8, 4) is 0 Å². The molecule has 1 aromatic carbocycles. The summed E-state index contributed by atoms with van der Waals surface area (Å²) in [6.45, 7) is 0. The van der Waals surface area contributed by atoms with Crippen molar-refractivity contribution >= 4 is 47.0 Å². The third-order valence-electron chi connectivity index (χ3n) is 3.53. The molecule has 2 heterocycles. The summed E-state index contributed by atoms with van der Waals surface area (Å²) in [5.41, 5.74) is 3.09. The molecule has 2 N–H and O–H groups in total. The van der Waals surface area contributed by atoms with Crippen LogP contribution in [0.3, 0.4) is 0 Å². The maximum absolute atomic E-state index is 12.7. The highest BCUT2D eigenvalue weighted by atomic mass is 32.1. The van der Waals surface area contributed by atoms with E-state index < -0.39 is 23.6 Å². The molecule has 130 valence electrons. The van der Waals surface area contributed by atoms with Gasteiger partial charge in [-0.3, -0.25) is 24.3 Å². The van der Waals surface area contributed by atoms with Crippen LogP contribution in [-0.4, -0.2) is 34.0 Å². The fourth-order valence-corrected chi connectivity index (χ4v) is 2.57. The molecule has 26 heavy (non-hydrogen) atoms. The normalized spacial score (nSPS) is 17.3. The molecule has 0 bridgehead atoms. The number of anilines is 1. The third-order valence-corrected chi connectivity index (χ3v) is 3.81. The molecule has 9 heteroatoms. The highest BCUT2D eigenvalue weighted by molar-refractivity contribution is 7.80. The summed E-state index contributed by atoms with van der Waals surface area (Å²) in [6.07, 6.45) is 3.98. The predicted octanol–water partition coefficient (Wildman–Crippen LogP) is 0.861. The van der Waals surface area contributed by atoms with Crippen molar-refractivity contribution in [2.45, 2.75) is 0 Å². The number of carbonyl (C=O) groups is 3. The first-order valence-electron chi connectivity index (χ1n) is 7.55. The maximum atomic E-state index is 12.7. The summed E-state index contributed by atoms with van der Waals surface area (Å²) in [5.74, 6) is -2.87. The van der Waals surface area contributed by atoms with E-state index in [2.05, 4.69) is 20.8 Å². The molecule has 2 aromatic rings. The van der Waals surface area contributed by atoms with E-state index in [0.717, 1.165) is 6.21 Å². The smallest absolute Gasteiger partial charge is 0.272 e. The van der Waals surface area contributed by atoms with E-state index in [1.165, 1.54) is 17.3 Å². The van der Waals surface area contributed by atoms with Gasteiger partial charge in [-0.2, -0.15) is 5.10 Å². The Kier molecular flexibility index (Phi) is 5.09. The Bertz CT molecular complexity index is 886. The lowest BCUT2D eigenvalue weighted by atomic mass is 10.1. The van der Waals surface area contributed by atoms with E-state index in [9.17, 15) is 14.4 Å². The van der Waals surface area contributed by atoms with Gasteiger partial charge in [-0.15, -0.1) is 0 Å². The topological polar surface area (TPSA) is 104 Å². The zero-order valence-corrected chi connectivity index (χ0v) is 14.1. The van der Waals surface area contributed by atoms with Crippen LogP contribution in [0, 0.1) is 5.92 Å². The van der Waals surface area contributed by atoms with Gasteiger partial charge in [0.15, 0.2) is 11.0 Å². The van der Waals surface area contributed by atoms with Crippen LogP contribution in [0.4, 0.5) is 5.69 Å². The Morgan fingerprint density at radius 2 is 2.00 bits per heavy atom. The molecule has 0 spiro atoms. The van der Waals surface area contributed by atoms with Gasteiger partial charge in [0, 0.05) is 18.6 Å². The van der Waals surface area contributed by atoms with E-state index in [1.54, 1.807) is 42.5 Å². The van der Waals surface area contributed by atoms with Gasteiger partial charge in [-0.05, 0) is 36.5 Å².